The molecule has 0 spiro atoms. The summed E-state index contributed by atoms with van der Waals surface area (Å²) in [7, 11) is 2.10. The highest BCUT2D eigenvalue weighted by Crippen LogP contribution is 2.17. The first-order chi connectivity index (χ1) is 8.65. The first-order valence-corrected chi connectivity index (χ1v) is 6.67. The lowest BCUT2D eigenvalue weighted by atomic mass is 10.1. The fourth-order valence-corrected chi connectivity index (χ4v) is 2.43. The third-order valence-corrected chi connectivity index (χ3v) is 3.70. The number of amides is 1. The third kappa shape index (κ3) is 3.57. The number of rotatable bonds is 4. The molecule has 1 amide bonds. The minimum absolute atomic E-state index is 0.161. The third-order valence-electron chi connectivity index (χ3n) is 3.70. The number of likely N-dealkylation sites (tertiary alicyclic amines) is 1. The molecular weight excluding hydrogens is 224 g/mol. The van der Waals surface area contributed by atoms with E-state index in [1.54, 1.807) is 0 Å². The van der Waals surface area contributed by atoms with Gasteiger partial charge in [0, 0.05) is 19.0 Å². The zero-order valence-electron chi connectivity index (χ0n) is 11.3. The average molecular weight is 246 g/mol. The van der Waals surface area contributed by atoms with E-state index in [1.807, 2.05) is 0 Å². The topological polar surface area (TPSA) is 32.3 Å². The first-order valence-electron chi connectivity index (χ1n) is 6.67. The Morgan fingerprint density at radius 2 is 2.11 bits per heavy atom. The van der Waals surface area contributed by atoms with E-state index in [1.165, 1.54) is 12.0 Å². The summed E-state index contributed by atoms with van der Waals surface area (Å²) in [5.41, 5.74) is 2.41. The summed E-state index contributed by atoms with van der Waals surface area (Å²) >= 11 is 0. The molecule has 0 bridgehead atoms. The molecule has 1 aliphatic rings. The van der Waals surface area contributed by atoms with Crippen LogP contribution < -0.4 is 5.32 Å². The van der Waals surface area contributed by atoms with Gasteiger partial charge in [0.1, 0.15) is 0 Å². The maximum Gasteiger partial charge on any atom is 0.221 e. The van der Waals surface area contributed by atoms with Crippen LogP contribution in [-0.2, 0) is 11.3 Å². The fraction of sp³-hybridized carbons (Fsp3) is 0.533. The van der Waals surface area contributed by atoms with Gasteiger partial charge in [0.2, 0.25) is 5.91 Å². The zero-order valence-corrected chi connectivity index (χ0v) is 11.3. The van der Waals surface area contributed by atoms with Crippen molar-refractivity contribution in [3.63, 3.8) is 0 Å². The van der Waals surface area contributed by atoms with Gasteiger partial charge in [-0.15, -0.1) is 0 Å². The molecule has 0 radical (unpaired) electrons. The molecule has 1 atom stereocenters. The summed E-state index contributed by atoms with van der Waals surface area (Å²) in [4.78, 5) is 14.1. The van der Waals surface area contributed by atoms with Crippen molar-refractivity contribution < 1.29 is 4.79 Å². The van der Waals surface area contributed by atoms with Gasteiger partial charge in [0.25, 0.3) is 0 Å². The van der Waals surface area contributed by atoms with Crippen LogP contribution in [-0.4, -0.2) is 30.4 Å². The normalized spacial score (nSPS) is 20.0. The summed E-state index contributed by atoms with van der Waals surface area (Å²) in [5.74, 6) is 0.161. The predicted octanol–water partition coefficient (Wildman–Crippen LogP) is 2.10. The minimum atomic E-state index is 0.161. The molecule has 1 heterocycles. The van der Waals surface area contributed by atoms with E-state index in [0.717, 1.165) is 18.5 Å². The Kier molecular flexibility index (Phi) is 4.37. The average Bonchev–Trinajstić information content (AvgIpc) is 2.74. The Bertz CT molecular complexity index is 399. The van der Waals surface area contributed by atoms with Crippen molar-refractivity contribution >= 4 is 5.91 Å². The smallest absolute Gasteiger partial charge is 0.221 e. The second kappa shape index (κ2) is 6.01. The lowest BCUT2D eigenvalue weighted by Crippen LogP contribution is -2.32. The van der Waals surface area contributed by atoms with Crippen LogP contribution in [0.25, 0.3) is 0 Å². The van der Waals surface area contributed by atoms with E-state index >= 15 is 0 Å². The van der Waals surface area contributed by atoms with Gasteiger partial charge < -0.3 is 10.2 Å². The van der Waals surface area contributed by atoms with Gasteiger partial charge in [-0.3, -0.25) is 4.79 Å². The number of hydrogen-bond acceptors (Lipinski definition) is 2. The molecule has 3 nitrogen and oxygen atoms in total. The number of carbonyl (C=O) groups excluding carboxylic acids is 1. The maximum atomic E-state index is 11.8. The largest absolute Gasteiger partial charge is 0.352 e. The summed E-state index contributed by atoms with van der Waals surface area (Å²) in [5, 5.41) is 3.00. The highest BCUT2D eigenvalue weighted by molar-refractivity contribution is 5.76. The molecule has 0 aromatic heterocycles. The van der Waals surface area contributed by atoms with Crippen LogP contribution in [0.2, 0.25) is 0 Å². The molecule has 1 saturated heterocycles. The fourth-order valence-electron chi connectivity index (χ4n) is 2.43. The van der Waals surface area contributed by atoms with Crippen LogP contribution in [0.4, 0.5) is 0 Å². The lowest BCUT2D eigenvalue weighted by Gasteiger charge is -2.18. The number of hydrogen-bond donors (Lipinski definition) is 1. The molecule has 2 rings (SSSR count). The van der Waals surface area contributed by atoms with Crippen LogP contribution in [0.15, 0.2) is 24.3 Å². The van der Waals surface area contributed by atoms with Gasteiger partial charge in [-0.05, 0) is 38.9 Å². The van der Waals surface area contributed by atoms with Crippen molar-refractivity contribution in [3.8, 4) is 0 Å². The molecular formula is C15H22N2O. The van der Waals surface area contributed by atoms with Crippen molar-refractivity contribution in [2.45, 2.75) is 38.8 Å². The molecule has 0 saturated carbocycles. The van der Waals surface area contributed by atoms with Crippen LogP contribution in [0.3, 0.4) is 0 Å². The molecule has 1 N–H and O–H groups in total. The Morgan fingerprint density at radius 3 is 2.72 bits per heavy atom. The molecule has 1 unspecified atom stereocenters. The highest BCUT2D eigenvalue weighted by atomic mass is 16.1. The number of nitrogens with one attached hydrogen (secondary N) is 1. The molecule has 18 heavy (non-hydrogen) atoms. The molecule has 1 aliphatic heterocycles. The molecule has 1 aromatic carbocycles. The first kappa shape index (κ1) is 13.1. The van der Waals surface area contributed by atoms with E-state index in [-0.39, 0.29) is 5.91 Å². The van der Waals surface area contributed by atoms with Crippen LogP contribution >= 0.6 is 0 Å². The van der Waals surface area contributed by atoms with Crippen molar-refractivity contribution in [2.24, 2.45) is 0 Å². The van der Waals surface area contributed by atoms with Crippen molar-refractivity contribution in [3.05, 3.63) is 35.4 Å². The zero-order chi connectivity index (χ0) is 13.0. The van der Waals surface area contributed by atoms with Crippen LogP contribution in [0.5, 0.6) is 0 Å². The maximum absolute atomic E-state index is 11.8. The molecule has 98 valence electrons. The molecule has 1 aromatic rings. The minimum Gasteiger partial charge on any atom is -0.352 e. The lowest BCUT2D eigenvalue weighted by molar-refractivity contribution is -0.122. The van der Waals surface area contributed by atoms with E-state index < -0.39 is 0 Å². The SMILES string of the molecule is Cc1ccc(CNC(=O)CC2CCCN2C)cc1. The number of nitrogens with zero attached hydrogens (tertiary/aromatic N) is 1. The van der Waals surface area contributed by atoms with Gasteiger partial charge in [0.05, 0.1) is 0 Å². The summed E-state index contributed by atoms with van der Waals surface area (Å²) in [6.45, 7) is 3.82. The Hall–Kier alpha value is -1.35. The van der Waals surface area contributed by atoms with E-state index in [4.69, 9.17) is 0 Å². The van der Waals surface area contributed by atoms with Gasteiger partial charge in [0.15, 0.2) is 0 Å². The monoisotopic (exact) mass is 246 g/mol. The summed E-state index contributed by atoms with van der Waals surface area (Å²) in [6.07, 6.45) is 2.99. The van der Waals surface area contributed by atoms with E-state index in [0.29, 0.717) is 19.0 Å². The van der Waals surface area contributed by atoms with Gasteiger partial charge in [-0.2, -0.15) is 0 Å². The van der Waals surface area contributed by atoms with Crippen molar-refractivity contribution in [1.82, 2.24) is 10.2 Å². The molecule has 1 fully saturated rings. The highest BCUT2D eigenvalue weighted by Gasteiger charge is 2.22. The van der Waals surface area contributed by atoms with Gasteiger partial charge in [-0.25, -0.2) is 0 Å². The van der Waals surface area contributed by atoms with Crippen LogP contribution in [0, 0.1) is 6.92 Å². The molecule has 0 aliphatic carbocycles. The number of carbonyl (C=O) groups is 1. The second-order valence-electron chi connectivity index (χ2n) is 5.24. The quantitative estimate of drug-likeness (QED) is 0.882. The van der Waals surface area contributed by atoms with Crippen LogP contribution in [0.1, 0.15) is 30.4 Å². The van der Waals surface area contributed by atoms with Gasteiger partial charge in [-0.1, -0.05) is 29.8 Å². The van der Waals surface area contributed by atoms with Crippen molar-refractivity contribution in [2.75, 3.05) is 13.6 Å². The van der Waals surface area contributed by atoms with E-state index in [9.17, 15) is 4.79 Å². The molecule has 3 heteroatoms. The standard InChI is InChI=1S/C15H22N2O/c1-12-5-7-13(8-6-12)11-16-15(18)10-14-4-3-9-17(14)2/h5-8,14H,3-4,9-11H2,1-2H3,(H,16,18). The summed E-state index contributed by atoms with van der Waals surface area (Å²) < 4.78 is 0. The Labute approximate surface area is 109 Å². The van der Waals surface area contributed by atoms with E-state index in [2.05, 4.69) is 48.5 Å². The number of aryl methyl sites for hydroxylation is 1. The Balaban J connectivity index is 1.76. The second-order valence-corrected chi connectivity index (χ2v) is 5.24. The predicted molar refractivity (Wildman–Crippen MR) is 73.3 cm³/mol. The number of benzene rings is 1. The van der Waals surface area contributed by atoms with Crippen molar-refractivity contribution in [1.29, 1.82) is 0 Å². The Morgan fingerprint density at radius 1 is 1.39 bits per heavy atom. The van der Waals surface area contributed by atoms with Gasteiger partial charge >= 0.3 is 0 Å². The summed E-state index contributed by atoms with van der Waals surface area (Å²) in [6, 6.07) is 8.72.